The van der Waals surface area contributed by atoms with Gasteiger partial charge in [-0.05, 0) is 63.3 Å². The third kappa shape index (κ3) is 3.10. The van der Waals surface area contributed by atoms with E-state index in [1.54, 1.807) is 0 Å². The summed E-state index contributed by atoms with van der Waals surface area (Å²) in [6, 6.07) is 0.655. The molecule has 0 aromatic carbocycles. The van der Waals surface area contributed by atoms with Crippen LogP contribution in [0.15, 0.2) is 0 Å². The molecular formula is C13H24ClN. The van der Waals surface area contributed by atoms with Gasteiger partial charge in [0.05, 0.1) is 0 Å². The second-order valence-electron chi connectivity index (χ2n) is 5.58. The van der Waals surface area contributed by atoms with E-state index in [1.165, 1.54) is 38.6 Å². The van der Waals surface area contributed by atoms with E-state index in [4.69, 9.17) is 11.6 Å². The minimum absolute atomic E-state index is 0.655. The first kappa shape index (κ1) is 11.7. The van der Waals surface area contributed by atoms with E-state index in [9.17, 15) is 0 Å². The van der Waals surface area contributed by atoms with Crippen molar-refractivity contribution in [3.8, 4) is 0 Å². The largest absolute Gasteiger partial charge is 0.314 e. The summed E-state index contributed by atoms with van der Waals surface area (Å²) in [5.41, 5.74) is 0. The Hall–Kier alpha value is 0.250. The number of fused-ring (bicyclic) bond motifs is 2. The quantitative estimate of drug-likeness (QED) is 0.689. The molecular weight excluding hydrogens is 206 g/mol. The van der Waals surface area contributed by atoms with Crippen molar-refractivity contribution in [2.45, 2.75) is 51.5 Å². The van der Waals surface area contributed by atoms with Gasteiger partial charge >= 0.3 is 0 Å². The summed E-state index contributed by atoms with van der Waals surface area (Å²) in [5.74, 6) is 3.94. The van der Waals surface area contributed by atoms with Crippen molar-refractivity contribution in [1.29, 1.82) is 0 Å². The molecule has 0 radical (unpaired) electrons. The van der Waals surface area contributed by atoms with E-state index in [0.29, 0.717) is 6.04 Å². The monoisotopic (exact) mass is 229 g/mol. The molecule has 0 saturated heterocycles. The minimum Gasteiger partial charge on any atom is -0.314 e. The number of alkyl halides is 1. The molecule has 0 amide bonds. The van der Waals surface area contributed by atoms with Crippen molar-refractivity contribution in [2.24, 2.45) is 17.8 Å². The Bertz CT molecular complexity index is 195. The first-order valence-corrected chi connectivity index (χ1v) is 7.12. The van der Waals surface area contributed by atoms with Crippen LogP contribution in [0.4, 0.5) is 0 Å². The maximum absolute atomic E-state index is 5.70. The summed E-state index contributed by atoms with van der Waals surface area (Å²) < 4.78 is 0. The SMILES string of the molecule is CC(CCCCl)NCC1CC2CCC1C2. The number of rotatable bonds is 6. The Morgan fingerprint density at radius 1 is 1.33 bits per heavy atom. The van der Waals surface area contributed by atoms with Crippen LogP contribution in [0.25, 0.3) is 0 Å². The van der Waals surface area contributed by atoms with Gasteiger partial charge in [0.1, 0.15) is 0 Å². The molecule has 2 bridgehead atoms. The molecule has 1 nitrogen and oxygen atoms in total. The lowest BCUT2D eigenvalue weighted by Gasteiger charge is -2.24. The summed E-state index contributed by atoms with van der Waals surface area (Å²) in [6.45, 7) is 3.55. The Morgan fingerprint density at radius 2 is 2.20 bits per heavy atom. The average Bonchev–Trinajstić information content (AvgIpc) is 2.84. The summed E-state index contributed by atoms with van der Waals surface area (Å²) >= 11 is 5.70. The van der Waals surface area contributed by atoms with E-state index in [2.05, 4.69) is 12.2 Å². The predicted molar refractivity (Wildman–Crippen MR) is 66.4 cm³/mol. The molecule has 1 N–H and O–H groups in total. The lowest BCUT2D eigenvalue weighted by atomic mass is 9.88. The van der Waals surface area contributed by atoms with Crippen LogP contribution in [0.2, 0.25) is 0 Å². The van der Waals surface area contributed by atoms with E-state index in [-0.39, 0.29) is 0 Å². The van der Waals surface area contributed by atoms with Gasteiger partial charge in [-0.1, -0.05) is 6.42 Å². The third-order valence-corrected chi connectivity index (χ3v) is 4.65. The minimum atomic E-state index is 0.655. The maximum atomic E-state index is 5.70. The van der Waals surface area contributed by atoms with Crippen LogP contribution in [0.3, 0.4) is 0 Å². The molecule has 2 aliphatic rings. The highest BCUT2D eigenvalue weighted by Crippen LogP contribution is 2.47. The molecule has 0 heterocycles. The van der Waals surface area contributed by atoms with E-state index < -0.39 is 0 Å². The zero-order chi connectivity index (χ0) is 10.7. The Kier molecular flexibility index (Phi) is 4.33. The highest BCUT2D eigenvalue weighted by atomic mass is 35.5. The first-order valence-electron chi connectivity index (χ1n) is 6.59. The summed E-state index contributed by atoms with van der Waals surface area (Å²) in [4.78, 5) is 0. The summed E-state index contributed by atoms with van der Waals surface area (Å²) in [7, 11) is 0. The highest BCUT2D eigenvalue weighted by molar-refractivity contribution is 6.17. The highest BCUT2D eigenvalue weighted by Gasteiger charge is 2.38. The van der Waals surface area contributed by atoms with Gasteiger partial charge in [0.2, 0.25) is 0 Å². The van der Waals surface area contributed by atoms with Gasteiger partial charge in [0.25, 0.3) is 0 Å². The molecule has 4 atom stereocenters. The maximum Gasteiger partial charge on any atom is 0.0224 e. The molecule has 15 heavy (non-hydrogen) atoms. The van der Waals surface area contributed by atoms with Crippen molar-refractivity contribution in [3.63, 3.8) is 0 Å². The van der Waals surface area contributed by atoms with Crippen molar-refractivity contribution in [3.05, 3.63) is 0 Å². The second kappa shape index (κ2) is 5.54. The molecule has 2 rings (SSSR count). The number of hydrogen-bond donors (Lipinski definition) is 1. The molecule has 4 unspecified atom stereocenters. The molecule has 2 aliphatic carbocycles. The Morgan fingerprint density at radius 3 is 2.80 bits per heavy atom. The smallest absolute Gasteiger partial charge is 0.0224 e. The van der Waals surface area contributed by atoms with Crippen LogP contribution >= 0.6 is 11.6 Å². The fourth-order valence-electron chi connectivity index (χ4n) is 3.46. The van der Waals surface area contributed by atoms with Gasteiger partial charge in [-0.2, -0.15) is 0 Å². The normalized spacial score (nSPS) is 36.0. The van der Waals surface area contributed by atoms with Gasteiger partial charge in [0.15, 0.2) is 0 Å². The molecule has 0 aliphatic heterocycles. The lowest BCUT2D eigenvalue weighted by Crippen LogP contribution is -2.33. The van der Waals surface area contributed by atoms with Gasteiger partial charge in [-0.15, -0.1) is 11.6 Å². The van der Waals surface area contributed by atoms with Crippen molar-refractivity contribution in [2.75, 3.05) is 12.4 Å². The van der Waals surface area contributed by atoms with Crippen LogP contribution in [0.1, 0.15) is 45.4 Å². The number of hydrogen-bond acceptors (Lipinski definition) is 1. The topological polar surface area (TPSA) is 12.0 Å². The van der Waals surface area contributed by atoms with Crippen LogP contribution in [-0.2, 0) is 0 Å². The van der Waals surface area contributed by atoms with Gasteiger partial charge in [0, 0.05) is 11.9 Å². The van der Waals surface area contributed by atoms with Crippen LogP contribution in [0.5, 0.6) is 0 Å². The number of halogens is 1. The average molecular weight is 230 g/mol. The van der Waals surface area contributed by atoms with Crippen molar-refractivity contribution < 1.29 is 0 Å². The molecule has 0 aromatic heterocycles. The zero-order valence-corrected chi connectivity index (χ0v) is 10.6. The second-order valence-corrected chi connectivity index (χ2v) is 5.95. The van der Waals surface area contributed by atoms with Crippen LogP contribution in [0, 0.1) is 17.8 Å². The molecule has 88 valence electrons. The Balaban J connectivity index is 1.61. The first-order chi connectivity index (χ1) is 7.29. The zero-order valence-electron chi connectivity index (χ0n) is 9.84. The summed E-state index contributed by atoms with van der Waals surface area (Å²) in [6.07, 6.45) is 8.43. The van der Waals surface area contributed by atoms with E-state index in [0.717, 1.165) is 30.1 Å². The van der Waals surface area contributed by atoms with Crippen LogP contribution in [-0.4, -0.2) is 18.5 Å². The van der Waals surface area contributed by atoms with E-state index >= 15 is 0 Å². The predicted octanol–water partition coefficient (Wildman–Crippen LogP) is 3.42. The van der Waals surface area contributed by atoms with E-state index in [1.807, 2.05) is 0 Å². The molecule has 2 saturated carbocycles. The molecule has 0 aromatic rings. The van der Waals surface area contributed by atoms with Gasteiger partial charge < -0.3 is 5.32 Å². The summed E-state index contributed by atoms with van der Waals surface area (Å²) in [5, 5.41) is 3.69. The van der Waals surface area contributed by atoms with Crippen molar-refractivity contribution in [1.82, 2.24) is 5.32 Å². The fourth-order valence-corrected chi connectivity index (χ4v) is 3.62. The fraction of sp³-hybridized carbons (Fsp3) is 1.00. The third-order valence-electron chi connectivity index (χ3n) is 4.38. The van der Waals surface area contributed by atoms with Gasteiger partial charge in [-0.25, -0.2) is 0 Å². The standard InChI is InChI=1S/C13H24ClN/c1-10(3-2-6-14)15-9-13-8-11-4-5-12(13)7-11/h10-13,15H,2-9H2,1H3. The van der Waals surface area contributed by atoms with Crippen LogP contribution < -0.4 is 5.32 Å². The molecule has 2 heteroatoms. The lowest BCUT2D eigenvalue weighted by molar-refractivity contribution is 0.305. The number of nitrogens with one attached hydrogen (secondary N) is 1. The van der Waals surface area contributed by atoms with Gasteiger partial charge in [-0.3, -0.25) is 0 Å². The molecule has 0 spiro atoms. The Labute approximate surface area is 99.0 Å². The molecule has 2 fully saturated rings. The van der Waals surface area contributed by atoms with Crippen molar-refractivity contribution >= 4 is 11.6 Å².